The number of benzene rings is 3. The van der Waals surface area contributed by atoms with E-state index in [9.17, 15) is 19.7 Å². The normalized spacial score (nSPS) is 16.8. The Balaban J connectivity index is 1.77. The van der Waals surface area contributed by atoms with Crippen molar-refractivity contribution < 1.29 is 14.5 Å². The first-order valence-electron chi connectivity index (χ1n) is 12.5. The molecule has 7 heteroatoms. The van der Waals surface area contributed by atoms with Crippen molar-refractivity contribution in [3.05, 3.63) is 100 Å². The number of anilines is 2. The summed E-state index contributed by atoms with van der Waals surface area (Å²) in [6.45, 7) is 4.13. The fourth-order valence-electron chi connectivity index (χ4n) is 4.97. The van der Waals surface area contributed by atoms with Crippen molar-refractivity contribution in [3.8, 4) is 0 Å². The summed E-state index contributed by atoms with van der Waals surface area (Å²) >= 11 is 0. The molecule has 0 spiro atoms. The average molecular weight is 486 g/mol. The zero-order chi connectivity index (χ0) is 25.7. The van der Waals surface area contributed by atoms with E-state index in [-0.39, 0.29) is 35.1 Å². The highest BCUT2D eigenvalue weighted by Crippen LogP contribution is 2.43. The van der Waals surface area contributed by atoms with Crippen LogP contribution in [0.4, 0.5) is 17.1 Å². The molecule has 7 nitrogen and oxygen atoms in total. The Hall–Kier alpha value is -4.00. The maximum atomic E-state index is 13.9. The minimum Gasteiger partial charge on any atom is -0.309 e. The summed E-state index contributed by atoms with van der Waals surface area (Å²) in [5.41, 5.74) is 2.52. The van der Waals surface area contributed by atoms with Crippen molar-refractivity contribution in [1.82, 2.24) is 0 Å². The van der Waals surface area contributed by atoms with E-state index >= 15 is 0 Å². The number of non-ortho nitro benzene ring substituents is 1. The van der Waals surface area contributed by atoms with E-state index in [0.717, 1.165) is 30.5 Å². The van der Waals surface area contributed by atoms with E-state index in [4.69, 9.17) is 0 Å². The van der Waals surface area contributed by atoms with Crippen molar-refractivity contribution in [1.29, 1.82) is 0 Å². The second-order valence-corrected chi connectivity index (χ2v) is 9.20. The molecule has 36 heavy (non-hydrogen) atoms. The maximum absolute atomic E-state index is 13.9. The van der Waals surface area contributed by atoms with Gasteiger partial charge in [0, 0.05) is 41.5 Å². The first-order valence-corrected chi connectivity index (χ1v) is 12.5. The van der Waals surface area contributed by atoms with Gasteiger partial charge < -0.3 is 9.80 Å². The van der Waals surface area contributed by atoms with Crippen LogP contribution in [-0.4, -0.2) is 22.8 Å². The molecule has 0 aliphatic carbocycles. The summed E-state index contributed by atoms with van der Waals surface area (Å²) in [5.74, 6) is -0.224. The Morgan fingerprint density at radius 3 is 2.44 bits per heavy atom. The van der Waals surface area contributed by atoms with Crippen molar-refractivity contribution >= 4 is 28.9 Å². The number of nitro groups is 1. The molecule has 0 N–H and O–H groups in total. The van der Waals surface area contributed by atoms with Gasteiger partial charge in [-0.25, -0.2) is 0 Å². The fourth-order valence-corrected chi connectivity index (χ4v) is 4.97. The number of rotatable bonds is 8. The summed E-state index contributed by atoms with van der Waals surface area (Å²) < 4.78 is 0. The van der Waals surface area contributed by atoms with Gasteiger partial charge in [0.25, 0.3) is 11.6 Å². The first kappa shape index (κ1) is 25.1. The minimum atomic E-state index is -0.496. The van der Waals surface area contributed by atoms with Crippen LogP contribution < -0.4 is 9.80 Å². The molecule has 4 rings (SSSR count). The Morgan fingerprint density at radius 1 is 1.00 bits per heavy atom. The number of carbonyl (C=O) groups is 2. The van der Waals surface area contributed by atoms with E-state index in [1.165, 1.54) is 18.2 Å². The quantitative estimate of drug-likeness (QED) is 0.202. The van der Waals surface area contributed by atoms with Crippen LogP contribution in [0.5, 0.6) is 0 Å². The van der Waals surface area contributed by atoms with Crippen LogP contribution in [0, 0.1) is 10.1 Å². The smallest absolute Gasteiger partial charge is 0.270 e. The second-order valence-electron chi connectivity index (χ2n) is 9.20. The molecule has 0 radical (unpaired) electrons. The molecule has 0 unspecified atom stereocenters. The molecule has 1 aliphatic heterocycles. The standard InChI is InChI=1S/C29H31N3O4/c1-3-4-6-18-28(33)30-21(2)19-27(25-16-9-10-17-26(25)30)31(23-13-7-5-8-14-23)29(34)22-12-11-15-24(20-22)32(35)36/h5,7-17,20-21,27H,3-4,6,18-19H2,1-2H3/t21-,27-/m1/s1. The Bertz CT molecular complexity index is 1240. The van der Waals surface area contributed by atoms with Gasteiger partial charge in [-0.3, -0.25) is 19.7 Å². The van der Waals surface area contributed by atoms with Crippen molar-refractivity contribution in [2.75, 3.05) is 9.80 Å². The van der Waals surface area contributed by atoms with E-state index in [2.05, 4.69) is 6.92 Å². The van der Waals surface area contributed by atoms with Crippen molar-refractivity contribution in [2.24, 2.45) is 0 Å². The Morgan fingerprint density at radius 2 is 1.72 bits per heavy atom. The minimum absolute atomic E-state index is 0.0955. The highest BCUT2D eigenvalue weighted by molar-refractivity contribution is 6.07. The van der Waals surface area contributed by atoms with Gasteiger partial charge in [-0.15, -0.1) is 0 Å². The molecule has 0 saturated carbocycles. The molecule has 0 fully saturated rings. The molecule has 3 aromatic carbocycles. The summed E-state index contributed by atoms with van der Waals surface area (Å²) in [4.78, 5) is 41.6. The summed E-state index contributed by atoms with van der Waals surface area (Å²) in [7, 11) is 0. The lowest BCUT2D eigenvalue weighted by Gasteiger charge is -2.43. The van der Waals surface area contributed by atoms with Crippen LogP contribution in [0.3, 0.4) is 0 Å². The van der Waals surface area contributed by atoms with E-state index in [1.54, 1.807) is 11.0 Å². The van der Waals surface area contributed by atoms with Gasteiger partial charge in [0.1, 0.15) is 0 Å². The number of hydrogen-bond donors (Lipinski definition) is 0. The predicted octanol–water partition coefficient (Wildman–Crippen LogP) is 6.69. The van der Waals surface area contributed by atoms with Crippen LogP contribution in [0.2, 0.25) is 0 Å². The highest BCUT2D eigenvalue weighted by Gasteiger charge is 2.38. The Kier molecular flexibility index (Phi) is 7.78. The van der Waals surface area contributed by atoms with Crippen LogP contribution >= 0.6 is 0 Å². The van der Waals surface area contributed by atoms with Gasteiger partial charge in [-0.1, -0.05) is 62.2 Å². The van der Waals surface area contributed by atoms with Gasteiger partial charge in [0.2, 0.25) is 5.91 Å². The zero-order valence-electron chi connectivity index (χ0n) is 20.7. The van der Waals surface area contributed by atoms with Gasteiger partial charge in [-0.05, 0) is 49.6 Å². The fraction of sp³-hybridized carbons (Fsp3) is 0.310. The topological polar surface area (TPSA) is 83.8 Å². The van der Waals surface area contributed by atoms with Crippen LogP contribution in [0.25, 0.3) is 0 Å². The number of unbranched alkanes of at least 4 members (excludes halogenated alkanes) is 2. The van der Waals surface area contributed by atoms with E-state index in [0.29, 0.717) is 18.5 Å². The zero-order valence-corrected chi connectivity index (χ0v) is 20.7. The van der Waals surface area contributed by atoms with Gasteiger partial charge >= 0.3 is 0 Å². The monoisotopic (exact) mass is 485 g/mol. The number of para-hydroxylation sites is 2. The van der Waals surface area contributed by atoms with Gasteiger partial charge in [-0.2, -0.15) is 0 Å². The third kappa shape index (κ3) is 5.15. The largest absolute Gasteiger partial charge is 0.309 e. The molecule has 186 valence electrons. The lowest BCUT2D eigenvalue weighted by molar-refractivity contribution is -0.384. The van der Waals surface area contributed by atoms with Crippen molar-refractivity contribution in [2.45, 2.75) is 58.0 Å². The summed E-state index contributed by atoms with van der Waals surface area (Å²) in [5, 5.41) is 11.4. The molecule has 0 saturated heterocycles. The molecular formula is C29H31N3O4. The number of nitro benzene ring substituents is 1. The Labute approximate surface area is 211 Å². The molecule has 3 aromatic rings. The molecule has 2 atom stereocenters. The van der Waals surface area contributed by atoms with Crippen LogP contribution in [0.15, 0.2) is 78.9 Å². The molecule has 0 aromatic heterocycles. The molecule has 1 aliphatic rings. The molecule has 2 amide bonds. The third-order valence-corrected chi connectivity index (χ3v) is 6.69. The molecule has 1 heterocycles. The highest BCUT2D eigenvalue weighted by atomic mass is 16.6. The van der Waals surface area contributed by atoms with Gasteiger partial charge in [0.05, 0.1) is 11.0 Å². The van der Waals surface area contributed by atoms with Crippen LogP contribution in [0.1, 0.15) is 67.9 Å². The number of nitrogens with zero attached hydrogens (tertiary/aromatic N) is 3. The van der Waals surface area contributed by atoms with E-state index < -0.39 is 4.92 Å². The van der Waals surface area contributed by atoms with Crippen molar-refractivity contribution in [3.63, 3.8) is 0 Å². The number of hydrogen-bond acceptors (Lipinski definition) is 4. The SMILES string of the molecule is CCCCCC(=O)N1c2ccccc2[C@H](N(C(=O)c2cccc([N+](=O)[O-])c2)c2ccccc2)C[C@H]1C. The predicted molar refractivity (Wildman–Crippen MR) is 141 cm³/mol. The molecular weight excluding hydrogens is 454 g/mol. The van der Waals surface area contributed by atoms with Gasteiger partial charge in [0.15, 0.2) is 0 Å². The van der Waals surface area contributed by atoms with E-state index in [1.807, 2.05) is 66.4 Å². The third-order valence-electron chi connectivity index (χ3n) is 6.69. The summed E-state index contributed by atoms with van der Waals surface area (Å²) in [6, 6.07) is 22.5. The maximum Gasteiger partial charge on any atom is 0.270 e. The molecule has 0 bridgehead atoms. The lowest BCUT2D eigenvalue weighted by Crippen LogP contribution is -2.47. The number of carbonyl (C=O) groups excluding carboxylic acids is 2. The first-order chi connectivity index (χ1) is 17.4. The second kappa shape index (κ2) is 11.2. The lowest BCUT2D eigenvalue weighted by atomic mass is 9.89. The summed E-state index contributed by atoms with van der Waals surface area (Å²) in [6.07, 6.45) is 3.95. The number of fused-ring (bicyclic) bond motifs is 1. The average Bonchev–Trinajstić information content (AvgIpc) is 2.89. The number of amides is 2. The van der Waals surface area contributed by atoms with Crippen LogP contribution in [-0.2, 0) is 4.79 Å².